The molecule has 0 aromatic heterocycles. The number of ether oxygens (including phenoxy) is 1. The summed E-state index contributed by atoms with van der Waals surface area (Å²) in [6.07, 6.45) is 5.30. The van der Waals surface area contributed by atoms with Crippen LogP contribution in [0.4, 0.5) is 5.69 Å². The SMILES string of the molecule is CCCCCCN1CCOc2ccccc21.Oc1ccccc1. The third-order valence-electron chi connectivity index (χ3n) is 3.86. The first-order chi connectivity index (χ1) is 11.3. The maximum absolute atomic E-state index is 8.63. The molecule has 0 radical (unpaired) electrons. The van der Waals surface area contributed by atoms with E-state index in [0.29, 0.717) is 5.75 Å². The van der Waals surface area contributed by atoms with Crippen molar-refractivity contribution in [2.45, 2.75) is 32.6 Å². The minimum Gasteiger partial charge on any atom is -0.508 e. The van der Waals surface area contributed by atoms with Gasteiger partial charge in [-0.15, -0.1) is 0 Å². The fourth-order valence-corrected chi connectivity index (χ4v) is 2.62. The fraction of sp³-hybridized carbons (Fsp3) is 0.400. The Morgan fingerprint density at radius 1 is 0.957 bits per heavy atom. The Bertz CT molecular complexity index is 557. The van der Waals surface area contributed by atoms with E-state index in [1.165, 1.54) is 37.9 Å². The lowest BCUT2D eigenvalue weighted by molar-refractivity contribution is 0.307. The molecule has 0 amide bonds. The summed E-state index contributed by atoms with van der Waals surface area (Å²) >= 11 is 0. The van der Waals surface area contributed by atoms with Crippen LogP contribution < -0.4 is 9.64 Å². The predicted molar refractivity (Wildman–Crippen MR) is 96.4 cm³/mol. The Morgan fingerprint density at radius 2 is 1.70 bits per heavy atom. The van der Waals surface area contributed by atoms with Gasteiger partial charge in [0.05, 0.1) is 12.2 Å². The summed E-state index contributed by atoms with van der Waals surface area (Å²) in [5, 5.41) is 8.63. The van der Waals surface area contributed by atoms with Gasteiger partial charge in [0.15, 0.2) is 0 Å². The second-order valence-corrected chi connectivity index (χ2v) is 5.70. The number of rotatable bonds is 5. The topological polar surface area (TPSA) is 32.7 Å². The van der Waals surface area contributed by atoms with Crippen molar-refractivity contribution >= 4 is 5.69 Å². The van der Waals surface area contributed by atoms with Gasteiger partial charge in [-0.25, -0.2) is 0 Å². The summed E-state index contributed by atoms with van der Waals surface area (Å²) in [4.78, 5) is 2.45. The number of hydrogen-bond donors (Lipinski definition) is 1. The molecule has 0 bridgehead atoms. The summed E-state index contributed by atoms with van der Waals surface area (Å²) in [7, 11) is 0. The summed E-state index contributed by atoms with van der Waals surface area (Å²) in [6, 6.07) is 17.1. The molecular formula is C20H27NO2. The molecule has 0 fully saturated rings. The Hall–Kier alpha value is -2.16. The Morgan fingerprint density at radius 3 is 2.39 bits per heavy atom. The zero-order valence-corrected chi connectivity index (χ0v) is 13.9. The molecule has 0 saturated carbocycles. The van der Waals surface area contributed by atoms with Crippen LogP contribution in [0.5, 0.6) is 11.5 Å². The summed E-state index contributed by atoms with van der Waals surface area (Å²) < 4.78 is 5.64. The van der Waals surface area contributed by atoms with Crippen molar-refractivity contribution in [3.8, 4) is 11.5 Å². The van der Waals surface area contributed by atoms with Crippen LogP contribution in [0.2, 0.25) is 0 Å². The van der Waals surface area contributed by atoms with Gasteiger partial charge in [0.1, 0.15) is 18.1 Å². The molecule has 0 spiro atoms. The number of unbranched alkanes of at least 4 members (excludes halogenated alkanes) is 3. The van der Waals surface area contributed by atoms with Gasteiger partial charge in [-0.3, -0.25) is 0 Å². The van der Waals surface area contributed by atoms with Crippen molar-refractivity contribution < 1.29 is 9.84 Å². The van der Waals surface area contributed by atoms with Gasteiger partial charge in [-0.2, -0.15) is 0 Å². The van der Waals surface area contributed by atoms with Gasteiger partial charge < -0.3 is 14.7 Å². The van der Waals surface area contributed by atoms with E-state index in [9.17, 15) is 0 Å². The number of anilines is 1. The molecule has 1 aliphatic heterocycles. The highest BCUT2D eigenvalue weighted by molar-refractivity contribution is 5.59. The quantitative estimate of drug-likeness (QED) is 0.800. The highest BCUT2D eigenvalue weighted by Crippen LogP contribution is 2.30. The number of fused-ring (bicyclic) bond motifs is 1. The lowest BCUT2D eigenvalue weighted by Crippen LogP contribution is -2.33. The first-order valence-corrected chi connectivity index (χ1v) is 8.52. The average Bonchev–Trinajstić information content (AvgIpc) is 2.60. The van der Waals surface area contributed by atoms with Crippen molar-refractivity contribution in [2.24, 2.45) is 0 Å². The molecule has 1 heterocycles. The van der Waals surface area contributed by atoms with Gasteiger partial charge in [0.25, 0.3) is 0 Å². The van der Waals surface area contributed by atoms with Crippen LogP contribution in [0.25, 0.3) is 0 Å². The number of para-hydroxylation sites is 3. The largest absolute Gasteiger partial charge is 0.508 e. The maximum Gasteiger partial charge on any atom is 0.142 e. The van der Waals surface area contributed by atoms with Crippen molar-refractivity contribution in [1.29, 1.82) is 0 Å². The fourth-order valence-electron chi connectivity index (χ4n) is 2.62. The number of phenols is 1. The van der Waals surface area contributed by atoms with E-state index in [1.807, 2.05) is 12.1 Å². The van der Waals surface area contributed by atoms with Crippen LogP contribution in [-0.2, 0) is 0 Å². The van der Waals surface area contributed by atoms with Crippen LogP contribution in [0, 0.1) is 0 Å². The highest BCUT2D eigenvalue weighted by Gasteiger charge is 2.16. The normalized spacial score (nSPS) is 12.7. The van der Waals surface area contributed by atoms with Crippen LogP contribution in [0.1, 0.15) is 32.6 Å². The zero-order chi connectivity index (χ0) is 16.3. The standard InChI is InChI=1S/C14H21NO.C6H6O/c1-2-3-4-7-10-15-11-12-16-14-9-6-5-8-13(14)15;7-6-4-2-1-3-5-6/h5-6,8-9H,2-4,7,10-12H2,1H3;1-5,7H. The van der Waals surface area contributed by atoms with Gasteiger partial charge in [-0.05, 0) is 30.7 Å². The van der Waals surface area contributed by atoms with E-state index in [1.54, 1.807) is 24.3 Å². The number of benzene rings is 2. The molecule has 3 nitrogen and oxygen atoms in total. The lowest BCUT2D eigenvalue weighted by atomic mass is 10.1. The first kappa shape index (κ1) is 17.2. The van der Waals surface area contributed by atoms with Crippen LogP contribution >= 0.6 is 0 Å². The van der Waals surface area contributed by atoms with Crippen LogP contribution in [-0.4, -0.2) is 24.8 Å². The summed E-state index contributed by atoms with van der Waals surface area (Å²) in [5.74, 6) is 1.37. The van der Waals surface area contributed by atoms with Crippen molar-refractivity contribution in [2.75, 3.05) is 24.6 Å². The molecule has 3 rings (SSSR count). The lowest BCUT2D eigenvalue weighted by Gasteiger charge is -2.31. The molecule has 2 aromatic carbocycles. The summed E-state index contributed by atoms with van der Waals surface area (Å²) in [6.45, 7) is 5.28. The summed E-state index contributed by atoms with van der Waals surface area (Å²) in [5.41, 5.74) is 1.27. The molecule has 1 N–H and O–H groups in total. The molecule has 0 saturated heterocycles. The van der Waals surface area contributed by atoms with Crippen LogP contribution in [0.3, 0.4) is 0 Å². The number of hydrogen-bond acceptors (Lipinski definition) is 3. The van der Waals surface area contributed by atoms with Crippen molar-refractivity contribution in [1.82, 2.24) is 0 Å². The monoisotopic (exact) mass is 313 g/mol. The van der Waals surface area contributed by atoms with Gasteiger partial charge in [0.2, 0.25) is 0 Å². The minimum atomic E-state index is 0.322. The zero-order valence-electron chi connectivity index (χ0n) is 13.9. The molecule has 0 aliphatic carbocycles. The molecule has 0 unspecified atom stereocenters. The smallest absolute Gasteiger partial charge is 0.142 e. The van der Waals surface area contributed by atoms with Gasteiger partial charge >= 0.3 is 0 Å². The van der Waals surface area contributed by atoms with E-state index in [0.717, 1.165) is 18.9 Å². The number of phenolic OH excluding ortho intramolecular Hbond substituents is 1. The molecule has 0 atom stereocenters. The molecule has 23 heavy (non-hydrogen) atoms. The van der Waals surface area contributed by atoms with Crippen LogP contribution in [0.15, 0.2) is 54.6 Å². The Balaban J connectivity index is 0.000000229. The number of nitrogens with zero attached hydrogens (tertiary/aromatic N) is 1. The van der Waals surface area contributed by atoms with Crippen molar-refractivity contribution in [3.05, 3.63) is 54.6 Å². The van der Waals surface area contributed by atoms with E-state index < -0.39 is 0 Å². The third kappa shape index (κ3) is 5.85. The highest BCUT2D eigenvalue weighted by atomic mass is 16.5. The molecule has 3 heteroatoms. The first-order valence-electron chi connectivity index (χ1n) is 8.52. The van der Waals surface area contributed by atoms with Crippen molar-refractivity contribution in [3.63, 3.8) is 0 Å². The molecule has 2 aromatic rings. The van der Waals surface area contributed by atoms with E-state index in [2.05, 4.69) is 30.0 Å². The Kier molecular flexibility index (Phi) is 7.31. The Labute approximate surface area is 139 Å². The van der Waals surface area contributed by atoms with E-state index in [4.69, 9.17) is 9.84 Å². The average molecular weight is 313 g/mol. The predicted octanol–water partition coefficient (Wildman–Crippen LogP) is 4.86. The third-order valence-corrected chi connectivity index (χ3v) is 3.86. The van der Waals surface area contributed by atoms with E-state index >= 15 is 0 Å². The molecular weight excluding hydrogens is 286 g/mol. The molecule has 1 aliphatic rings. The van der Waals surface area contributed by atoms with Gasteiger partial charge in [0, 0.05) is 6.54 Å². The second kappa shape index (κ2) is 9.78. The minimum absolute atomic E-state index is 0.322. The molecule has 124 valence electrons. The maximum atomic E-state index is 8.63. The van der Waals surface area contributed by atoms with E-state index in [-0.39, 0.29) is 0 Å². The van der Waals surface area contributed by atoms with Gasteiger partial charge in [-0.1, -0.05) is 56.5 Å². The number of aromatic hydroxyl groups is 1. The second-order valence-electron chi connectivity index (χ2n) is 5.70.